The van der Waals surface area contributed by atoms with E-state index in [2.05, 4.69) is 32.8 Å². The number of piperidine rings is 1. The van der Waals surface area contributed by atoms with E-state index in [-0.39, 0.29) is 0 Å². The Balaban J connectivity index is 1.43. The maximum absolute atomic E-state index is 5.37. The van der Waals surface area contributed by atoms with Gasteiger partial charge in [-0.25, -0.2) is 4.98 Å². The van der Waals surface area contributed by atoms with Crippen LogP contribution in [-0.2, 0) is 13.0 Å². The van der Waals surface area contributed by atoms with Crippen LogP contribution in [-0.4, -0.2) is 56.7 Å². The molecular formula is C22H33N5O2S. The number of thiazole rings is 1. The van der Waals surface area contributed by atoms with Gasteiger partial charge in [0.2, 0.25) is 0 Å². The van der Waals surface area contributed by atoms with Crippen molar-refractivity contribution < 1.29 is 9.47 Å². The maximum atomic E-state index is 5.37. The largest absolute Gasteiger partial charge is 0.493 e. The number of hydrogen-bond acceptors (Lipinski definition) is 6. The SMILES string of the molecule is CCc1nc(CN2CCC(CNC(=NC)Nc3ccc(OC)c(OC)c3)CC2)cs1. The van der Waals surface area contributed by atoms with E-state index in [9.17, 15) is 0 Å². The zero-order valence-electron chi connectivity index (χ0n) is 18.4. The van der Waals surface area contributed by atoms with Crippen LogP contribution in [0.1, 0.15) is 30.5 Å². The molecule has 0 atom stereocenters. The highest BCUT2D eigenvalue weighted by Crippen LogP contribution is 2.29. The number of benzene rings is 1. The number of ether oxygens (including phenoxy) is 2. The quantitative estimate of drug-likeness (QED) is 0.491. The topological polar surface area (TPSA) is 71.0 Å². The summed E-state index contributed by atoms with van der Waals surface area (Å²) in [5.74, 6) is 2.81. The predicted octanol–water partition coefficient (Wildman–Crippen LogP) is 3.62. The molecule has 2 N–H and O–H groups in total. The number of aryl methyl sites for hydroxylation is 1. The molecule has 1 aromatic carbocycles. The minimum absolute atomic E-state index is 0.645. The summed E-state index contributed by atoms with van der Waals surface area (Å²) in [7, 11) is 5.06. The highest BCUT2D eigenvalue weighted by Gasteiger charge is 2.20. The number of nitrogens with zero attached hydrogens (tertiary/aromatic N) is 3. The average molecular weight is 432 g/mol. The molecule has 0 bridgehead atoms. The molecule has 164 valence electrons. The molecule has 2 heterocycles. The van der Waals surface area contributed by atoms with Gasteiger partial charge in [0.05, 0.1) is 24.9 Å². The summed E-state index contributed by atoms with van der Waals surface area (Å²) in [6.07, 6.45) is 3.40. The van der Waals surface area contributed by atoms with Crippen LogP contribution in [0.15, 0.2) is 28.6 Å². The van der Waals surface area contributed by atoms with E-state index >= 15 is 0 Å². The summed E-state index contributed by atoms with van der Waals surface area (Å²) >= 11 is 1.77. The highest BCUT2D eigenvalue weighted by molar-refractivity contribution is 7.09. The number of aromatic nitrogens is 1. The number of aliphatic imine (C=N–C) groups is 1. The predicted molar refractivity (Wildman–Crippen MR) is 124 cm³/mol. The van der Waals surface area contributed by atoms with Crippen molar-refractivity contribution in [3.8, 4) is 11.5 Å². The molecule has 1 aromatic heterocycles. The first-order chi connectivity index (χ1) is 14.6. The molecule has 0 aliphatic carbocycles. The number of guanidine groups is 1. The fourth-order valence-corrected chi connectivity index (χ4v) is 4.37. The fourth-order valence-electron chi connectivity index (χ4n) is 3.63. The summed E-state index contributed by atoms with van der Waals surface area (Å²) in [5.41, 5.74) is 2.12. The van der Waals surface area contributed by atoms with Gasteiger partial charge in [-0.05, 0) is 50.4 Å². The second kappa shape index (κ2) is 11.2. The number of hydrogen-bond donors (Lipinski definition) is 2. The summed E-state index contributed by atoms with van der Waals surface area (Å²) in [6, 6.07) is 5.75. The molecule has 0 unspecified atom stereocenters. The normalized spacial score (nSPS) is 15.8. The number of anilines is 1. The van der Waals surface area contributed by atoms with Gasteiger partial charge in [0.25, 0.3) is 0 Å². The van der Waals surface area contributed by atoms with Gasteiger partial charge in [0.15, 0.2) is 17.5 Å². The Kier molecular flexibility index (Phi) is 8.33. The van der Waals surface area contributed by atoms with Crippen molar-refractivity contribution in [1.82, 2.24) is 15.2 Å². The average Bonchev–Trinajstić information content (AvgIpc) is 3.25. The molecule has 3 rings (SSSR count). The lowest BCUT2D eigenvalue weighted by molar-refractivity contribution is 0.176. The third-order valence-electron chi connectivity index (χ3n) is 5.42. The van der Waals surface area contributed by atoms with E-state index in [1.807, 2.05) is 18.2 Å². The van der Waals surface area contributed by atoms with Crippen molar-refractivity contribution in [2.75, 3.05) is 46.2 Å². The second-order valence-corrected chi connectivity index (χ2v) is 8.40. The molecule has 7 nitrogen and oxygen atoms in total. The highest BCUT2D eigenvalue weighted by atomic mass is 32.1. The van der Waals surface area contributed by atoms with Crippen LogP contribution in [0.4, 0.5) is 5.69 Å². The molecule has 1 fully saturated rings. The van der Waals surface area contributed by atoms with Gasteiger partial charge in [-0.2, -0.15) is 0 Å². The van der Waals surface area contributed by atoms with Gasteiger partial charge in [-0.15, -0.1) is 11.3 Å². The van der Waals surface area contributed by atoms with Crippen molar-refractivity contribution in [2.45, 2.75) is 32.7 Å². The van der Waals surface area contributed by atoms with Crippen molar-refractivity contribution >= 4 is 23.0 Å². The minimum Gasteiger partial charge on any atom is -0.493 e. The Morgan fingerprint density at radius 2 is 2.00 bits per heavy atom. The van der Waals surface area contributed by atoms with Gasteiger partial charge in [0.1, 0.15) is 0 Å². The molecule has 8 heteroatoms. The van der Waals surface area contributed by atoms with Crippen LogP contribution in [0, 0.1) is 5.92 Å². The molecule has 0 amide bonds. The number of nitrogens with one attached hydrogen (secondary N) is 2. The van der Waals surface area contributed by atoms with Crippen LogP contribution < -0.4 is 20.1 Å². The molecule has 1 saturated heterocycles. The number of rotatable bonds is 8. The van der Waals surface area contributed by atoms with E-state index in [0.29, 0.717) is 17.4 Å². The minimum atomic E-state index is 0.645. The zero-order valence-corrected chi connectivity index (χ0v) is 19.2. The summed E-state index contributed by atoms with van der Waals surface area (Å²) in [4.78, 5) is 11.6. The Morgan fingerprint density at radius 3 is 2.63 bits per heavy atom. The van der Waals surface area contributed by atoms with Gasteiger partial charge in [-0.3, -0.25) is 9.89 Å². The van der Waals surface area contributed by atoms with Crippen molar-refractivity contribution in [3.05, 3.63) is 34.3 Å². The second-order valence-electron chi connectivity index (χ2n) is 7.45. The van der Waals surface area contributed by atoms with E-state index in [1.165, 1.54) is 23.5 Å². The van der Waals surface area contributed by atoms with Crippen molar-refractivity contribution in [3.63, 3.8) is 0 Å². The number of methoxy groups -OCH3 is 2. The van der Waals surface area contributed by atoms with E-state index in [4.69, 9.17) is 14.5 Å². The molecule has 0 saturated carbocycles. The van der Waals surface area contributed by atoms with Crippen LogP contribution >= 0.6 is 11.3 Å². The molecule has 0 radical (unpaired) electrons. The van der Waals surface area contributed by atoms with Crippen molar-refractivity contribution in [2.24, 2.45) is 10.9 Å². The van der Waals surface area contributed by atoms with Crippen LogP contribution in [0.25, 0.3) is 0 Å². The first-order valence-corrected chi connectivity index (χ1v) is 11.4. The van der Waals surface area contributed by atoms with E-state index in [0.717, 1.165) is 44.2 Å². The molecular weight excluding hydrogens is 398 g/mol. The third kappa shape index (κ3) is 6.09. The first-order valence-electron chi connectivity index (χ1n) is 10.5. The smallest absolute Gasteiger partial charge is 0.195 e. The lowest BCUT2D eigenvalue weighted by Crippen LogP contribution is -2.40. The van der Waals surface area contributed by atoms with Gasteiger partial charge >= 0.3 is 0 Å². The van der Waals surface area contributed by atoms with Gasteiger partial charge < -0.3 is 20.1 Å². The molecule has 2 aromatic rings. The van der Waals surface area contributed by atoms with Crippen LogP contribution in [0.5, 0.6) is 11.5 Å². The van der Waals surface area contributed by atoms with Gasteiger partial charge in [-0.1, -0.05) is 6.92 Å². The Morgan fingerprint density at radius 1 is 1.23 bits per heavy atom. The Hall–Kier alpha value is -2.32. The summed E-state index contributed by atoms with van der Waals surface area (Å²) in [6.45, 7) is 6.28. The van der Waals surface area contributed by atoms with Crippen LogP contribution in [0.2, 0.25) is 0 Å². The molecule has 1 aliphatic heterocycles. The number of likely N-dealkylation sites (tertiary alicyclic amines) is 1. The fraction of sp³-hybridized carbons (Fsp3) is 0.545. The Labute approximate surface area is 183 Å². The third-order valence-corrected chi connectivity index (χ3v) is 6.46. The van der Waals surface area contributed by atoms with E-state index < -0.39 is 0 Å². The summed E-state index contributed by atoms with van der Waals surface area (Å²) in [5, 5.41) is 10.2. The molecule has 1 aliphatic rings. The molecule has 30 heavy (non-hydrogen) atoms. The van der Waals surface area contributed by atoms with Gasteiger partial charge in [0, 0.05) is 37.3 Å². The zero-order chi connectivity index (χ0) is 21.3. The first kappa shape index (κ1) is 22.4. The summed E-state index contributed by atoms with van der Waals surface area (Å²) < 4.78 is 10.7. The van der Waals surface area contributed by atoms with E-state index in [1.54, 1.807) is 32.6 Å². The van der Waals surface area contributed by atoms with Crippen LogP contribution in [0.3, 0.4) is 0 Å². The lowest BCUT2D eigenvalue weighted by Gasteiger charge is -2.31. The Bertz CT molecular complexity index is 831. The lowest BCUT2D eigenvalue weighted by atomic mass is 9.97. The monoisotopic (exact) mass is 431 g/mol. The van der Waals surface area contributed by atoms with Crippen molar-refractivity contribution in [1.29, 1.82) is 0 Å². The standard InChI is InChI=1S/C22H33N5O2S/c1-5-21-25-18(15-30-21)14-27-10-8-16(9-11-27)13-24-22(23-2)26-17-6-7-19(28-3)20(12-17)29-4/h6-7,12,15-16H,5,8-11,13-14H2,1-4H3,(H2,23,24,26). The maximum Gasteiger partial charge on any atom is 0.195 e. The molecule has 0 spiro atoms.